The van der Waals surface area contributed by atoms with Gasteiger partial charge in [-0.15, -0.1) is 0 Å². The number of hydrogen-bond acceptors (Lipinski definition) is 2. The van der Waals surface area contributed by atoms with Crippen molar-refractivity contribution in [3.05, 3.63) is 28.2 Å². The fourth-order valence-electron chi connectivity index (χ4n) is 1.03. The van der Waals surface area contributed by atoms with Crippen LogP contribution in [-0.4, -0.2) is 12.4 Å². The maximum atomic E-state index is 11.3. The zero-order valence-corrected chi connectivity index (χ0v) is 10.8. The summed E-state index contributed by atoms with van der Waals surface area (Å²) >= 11 is 3.41. The van der Waals surface area contributed by atoms with Gasteiger partial charge in [0, 0.05) is 10.4 Å². The number of halogens is 1. The highest BCUT2D eigenvalue weighted by atomic mass is 79.9. The van der Waals surface area contributed by atoms with Gasteiger partial charge in [0.2, 0.25) is 0 Å². The Balaban J connectivity index is 2.58. The quantitative estimate of drug-likeness (QED) is 0.839. The van der Waals surface area contributed by atoms with Crippen molar-refractivity contribution in [1.82, 2.24) is 0 Å². The molecular weight excluding hydrogens is 256 g/mol. The van der Waals surface area contributed by atoms with E-state index >= 15 is 0 Å². The molecule has 0 unspecified atom stereocenters. The fourth-order valence-corrected chi connectivity index (χ4v) is 1.27. The van der Waals surface area contributed by atoms with Crippen LogP contribution < -0.4 is 4.74 Å². The molecule has 0 aromatic heterocycles. The SMILES string of the molecule is Cc1cc(OCC(=O)C(C)C)ccc1Br. The summed E-state index contributed by atoms with van der Waals surface area (Å²) in [5, 5.41) is 0. The molecule has 0 amide bonds. The molecule has 0 aliphatic heterocycles. The van der Waals surface area contributed by atoms with Crippen LogP contribution in [0.1, 0.15) is 19.4 Å². The molecule has 0 radical (unpaired) electrons. The molecule has 0 bridgehead atoms. The highest BCUT2D eigenvalue weighted by molar-refractivity contribution is 9.10. The summed E-state index contributed by atoms with van der Waals surface area (Å²) < 4.78 is 6.44. The second-order valence-electron chi connectivity index (χ2n) is 3.82. The highest BCUT2D eigenvalue weighted by Gasteiger charge is 2.08. The lowest BCUT2D eigenvalue weighted by Crippen LogP contribution is -2.16. The van der Waals surface area contributed by atoms with Crippen LogP contribution in [0.25, 0.3) is 0 Å². The molecule has 0 saturated carbocycles. The Morgan fingerprint density at radius 2 is 2.13 bits per heavy atom. The Bertz CT molecular complexity index is 359. The standard InChI is InChI=1S/C12H15BrO2/c1-8(2)12(14)7-15-10-4-5-11(13)9(3)6-10/h4-6,8H,7H2,1-3H3. The van der Waals surface area contributed by atoms with Crippen molar-refractivity contribution in [2.75, 3.05) is 6.61 Å². The predicted octanol–water partition coefficient (Wildman–Crippen LogP) is 3.36. The van der Waals surface area contributed by atoms with E-state index in [1.54, 1.807) is 0 Å². The van der Waals surface area contributed by atoms with E-state index in [0.29, 0.717) is 0 Å². The number of ketones is 1. The number of rotatable bonds is 4. The van der Waals surface area contributed by atoms with Gasteiger partial charge in [-0.05, 0) is 30.7 Å². The van der Waals surface area contributed by atoms with E-state index in [9.17, 15) is 4.79 Å². The summed E-state index contributed by atoms with van der Waals surface area (Å²) in [4.78, 5) is 11.3. The van der Waals surface area contributed by atoms with Crippen LogP contribution in [0.2, 0.25) is 0 Å². The second-order valence-corrected chi connectivity index (χ2v) is 4.68. The molecule has 0 N–H and O–H groups in total. The van der Waals surface area contributed by atoms with E-state index in [0.717, 1.165) is 15.8 Å². The fraction of sp³-hybridized carbons (Fsp3) is 0.417. The monoisotopic (exact) mass is 270 g/mol. The summed E-state index contributed by atoms with van der Waals surface area (Å²) in [6.45, 7) is 5.89. The molecule has 2 nitrogen and oxygen atoms in total. The molecule has 0 heterocycles. The summed E-state index contributed by atoms with van der Waals surface area (Å²) in [5.74, 6) is 0.891. The summed E-state index contributed by atoms with van der Waals surface area (Å²) in [6, 6.07) is 5.69. The summed E-state index contributed by atoms with van der Waals surface area (Å²) in [5.41, 5.74) is 1.10. The third-order valence-corrected chi connectivity index (χ3v) is 3.04. The van der Waals surface area contributed by atoms with Gasteiger partial charge in [0.15, 0.2) is 5.78 Å². The number of carbonyl (C=O) groups excluding carboxylic acids is 1. The lowest BCUT2D eigenvalue weighted by molar-refractivity contribution is -0.123. The van der Waals surface area contributed by atoms with Crippen molar-refractivity contribution in [3.63, 3.8) is 0 Å². The number of ether oxygens (including phenoxy) is 1. The van der Waals surface area contributed by atoms with Gasteiger partial charge >= 0.3 is 0 Å². The van der Waals surface area contributed by atoms with Crippen molar-refractivity contribution >= 4 is 21.7 Å². The first-order valence-electron chi connectivity index (χ1n) is 4.92. The molecule has 1 aromatic rings. The first-order valence-corrected chi connectivity index (χ1v) is 5.71. The van der Waals surface area contributed by atoms with E-state index in [2.05, 4.69) is 15.9 Å². The van der Waals surface area contributed by atoms with E-state index in [4.69, 9.17) is 4.74 Å². The first kappa shape index (κ1) is 12.2. The Hall–Kier alpha value is -0.830. The van der Waals surface area contributed by atoms with Crippen molar-refractivity contribution in [1.29, 1.82) is 0 Å². The Labute approximate surface area is 98.8 Å². The molecule has 15 heavy (non-hydrogen) atoms. The van der Waals surface area contributed by atoms with E-state index in [1.807, 2.05) is 39.0 Å². The van der Waals surface area contributed by atoms with Crippen LogP contribution in [0.15, 0.2) is 22.7 Å². The van der Waals surface area contributed by atoms with Crippen LogP contribution in [0.4, 0.5) is 0 Å². The van der Waals surface area contributed by atoms with Crippen LogP contribution in [0.5, 0.6) is 5.75 Å². The lowest BCUT2D eigenvalue weighted by atomic mass is 10.1. The van der Waals surface area contributed by atoms with E-state index in [1.165, 1.54) is 0 Å². The number of hydrogen-bond donors (Lipinski definition) is 0. The average molecular weight is 271 g/mol. The molecule has 0 aliphatic carbocycles. The van der Waals surface area contributed by atoms with Crippen LogP contribution >= 0.6 is 15.9 Å². The van der Waals surface area contributed by atoms with Gasteiger partial charge in [-0.2, -0.15) is 0 Å². The number of carbonyl (C=O) groups is 1. The van der Waals surface area contributed by atoms with E-state index < -0.39 is 0 Å². The van der Waals surface area contributed by atoms with E-state index in [-0.39, 0.29) is 18.3 Å². The first-order chi connectivity index (χ1) is 7.00. The second kappa shape index (κ2) is 5.31. The third kappa shape index (κ3) is 3.67. The number of benzene rings is 1. The molecule has 0 fully saturated rings. The molecular formula is C12H15BrO2. The van der Waals surface area contributed by atoms with Crippen molar-refractivity contribution < 1.29 is 9.53 Å². The normalized spacial score (nSPS) is 10.5. The average Bonchev–Trinajstić information content (AvgIpc) is 2.19. The van der Waals surface area contributed by atoms with Crippen LogP contribution in [0, 0.1) is 12.8 Å². The Morgan fingerprint density at radius 1 is 1.47 bits per heavy atom. The van der Waals surface area contributed by atoms with Gasteiger partial charge < -0.3 is 4.74 Å². The van der Waals surface area contributed by atoms with Gasteiger partial charge in [0.1, 0.15) is 12.4 Å². The molecule has 0 spiro atoms. The largest absolute Gasteiger partial charge is 0.486 e. The lowest BCUT2D eigenvalue weighted by Gasteiger charge is -2.08. The zero-order chi connectivity index (χ0) is 11.4. The minimum absolute atomic E-state index is 0.0292. The van der Waals surface area contributed by atoms with Crippen LogP contribution in [0.3, 0.4) is 0 Å². The maximum Gasteiger partial charge on any atom is 0.172 e. The van der Waals surface area contributed by atoms with Gasteiger partial charge in [-0.25, -0.2) is 0 Å². The van der Waals surface area contributed by atoms with Gasteiger partial charge in [0.25, 0.3) is 0 Å². The van der Waals surface area contributed by atoms with Gasteiger partial charge in [-0.3, -0.25) is 4.79 Å². The predicted molar refractivity (Wildman–Crippen MR) is 64.2 cm³/mol. The topological polar surface area (TPSA) is 26.3 Å². The molecule has 82 valence electrons. The minimum Gasteiger partial charge on any atom is -0.486 e. The Kier molecular flexibility index (Phi) is 4.33. The minimum atomic E-state index is 0.0292. The Morgan fingerprint density at radius 3 is 2.67 bits per heavy atom. The number of aryl methyl sites for hydroxylation is 1. The molecule has 0 saturated heterocycles. The molecule has 3 heteroatoms. The zero-order valence-electron chi connectivity index (χ0n) is 9.21. The molecule has 0 atom stereocenters. The molecule has 0 aliphatic rings. The summed E-state index contributed by atoms with van der Waals surface area (Å²) in [6.07, 6.45) is 0. The van der Waals surface area contributed by atoms with Gasteiger partial charge in [0.05, 0.1) is 0 Å². The highest BCUT2D eigenvalue weighted by Crippen LogP contribution is 2.21. The van der Waals surface area contributed by atoms with Crippen molar-refractivity contribution in [3.8, 4) is 5.75 Å². The van der Waals surface area contributed by atoms with Crippen LogP contribution in [-0.2, 0) is 4.79 Å². The molecule has 1 aromatic carbocycles. The number of Topliss-reactive ketones (excluding diaryl/α,β-unsaturated/α-hetero) is 1. The smallest absolute Gasteiger partial charge is 0.172 e. The third-order valence-electron chi connectivity index (χ3n) is 2.15. The molecule has 1 rings (SSSR count). The maximum absolute atomic E-state index is 11.3. The van der Waals surface area contributed by atoms with Crippen molar-refractivity contribution in [2.24, 2.45) is 5.92 Å². The van der Waals surface area contributed by atoms with Gasteiger partial charge in [-0.1, -0.05) is 29.8 Å². The summed E-state index contributed by atoms with van der Waals surface area (Å²) in [7, 11) is 0. The van der Waals surface area contributed by atoms with Crippen molar-refractivity contribution in [2.45, 2.75) is 20.8 Å².